The van der Waals surface area contributed by atoms with E-state index >= 15 is 0 Å². The van der Waals surface area contributed by atoms with Crippen molar-refractivity contribution in [1.82, 2.24) is 15.0 Å². The van der Waals surface area contributed by atoms with Gasteiger partial charge in [-0.25, -0.2) is 9.97 Å². The van der Waals surface area contributed by atoms with Crippen LogP contribution >= 0.6 is 0 Å². The van der Waals surface area contributed by atoms with Crippen molar-refractivity contribution >= 4 is 32.6 Å². The Balaban J connectivity index is 1.37. The minimum Gasteiger partial charge on any atom is -0.256 e. The van der Waals surface area contributed by atoms with Crippen LogP contribution in [0, 0.1) is 0 Å². The summed E-state index contributed by atoms with van der Waals surface area (Å²) < 4.78 is 0. The van der Waals surface area contributed by atoms with Gasteiger partial charge in [-0.1, -0.05) is 103 Å². The number of aromatic nitrogens is 3. The topological polar surface area (TPSA) is 38.7 Å². The van der Waals surface area contributed by atoms with Gasteiger partial charge in [0.2, 0.25) is 0 Å². The normalized spacial score (nSPS) is 11.3. The van der Waals surface area contributed by atoms with Gasteiger partial charge < -0.3 is 0 Å². The second kappa shape index (κ2) is 8.40. The Kier molecular flexibility index (Phi) is 4.78. The Hall–Kier alpha value is -4.89. The molecule has 3 heteroatoms. The summed E-state index contributed by atoms with van der Waals surface area (Å²) in [5, 5.41) is 4.56. The van der Waals surface area contributed by atoms with Crippen LogP contribution in [-0.2, 0) is 0 Å². The van der Waals surface area contributed by atoms with Gasteiger partial charge in [-0.2, -0.15) is 0 Å². The van der Waals surface area contributed by atoms with E-state index in [0.717, 1.165) is 50.0 Å². The second-order valence-corrected chi connectivity index (χ2v) is 8.90. The van der Waals surface area contributed by atoms with Crippen molar-refractivity contribution in [2.24, 2.45) is 0 Å². The highest BCUT2D eigenvalue weighted by Gasteiger charge is 2.13. The lowest BCUT2D eigenvalue weighted by Crippen LogP contribution is -1.95. The fourth-order valence-electron chi connectivity index (χ4n) is 4.98. The minimum absolute atomic E-state index is 0.728. The third kappa shape index (κ3) is 3.41. The Bertz CT molecular complexity index is 1870. The van der Waals surface area contributed by atoms with E-state index in [4.69, 9.17) is 9.97 Å². The molecule has 0 radical (unpaired) electrons. The lowest BCUT2D eigenvalue weighted by atomic mass is 9.95. The number of para-hydroxylation sites is 1. The summed E-state index contributed by atoms with van der Waals surface area (Å²) >= 11 is 0. The molecule has 0 aliphatic heterocycles. The maximum absolute atomic E-state index is 5.02. The average molecular weight is 460 g/mol. The van der Waals surface area contributed by atoms with Crippen LogP contribution < -0.4 is 0 Å². The van der Waals surface area contributed by atoms with E-state index in [1.807, 2.05) is 42.6 Å². The zero-order valence-corrected chi connectivity index (χ0v) is 19.5. The van der Waals surface area contributed by atoms with Crippen molar-refractivity contribution in [2.45, 2.75) is 0 Å². The van der Waals surface area contributed by atoms with Gasteiger partial charge in [0.25, 0.3) is 0 Å². The smallest absolute Gasteiger partial charge is 0.160 e. The van der Waals surface area contributed by atoms with Crippen LogP contribution in [0.3, 0.4) is 0 Å². The van der Waals surface area contributed by atoms with E-state index in [1.54, 1.807) is 0 Å². The van der Waals surface area contributed by atoms with Crippen molar-refractivity contribution in [3.05, 3.63) is 128 Å². The van der Waals surface area contributed by atoms with Gasteiger partial charge >= 0.3 is 0 Å². The molecular weight excluding hydrogens is 438 g/mol. The van der Waals surface area contributed by atoms with Gasteiger partial charge in [0.15, 0.2) is 5.82 Å². The van der Waals surface area contributed by atoms with E-state index in [-0.39, 0.29) is 0 Å². The first-order valence-electron chi connectivity index (χ1n) is 12.0. The molecule has 7 rings (SSSR count). The van der Waals surface area contributed by atoms with Gasteiger partial charge in [0.05, 0.1) is 16.7 Å². The van der Waals surface area contributed by atoms with Crippen LogP contribution in [0.5, 0.6) is 0 Å². The monoisotopic (exact) mass is 459 g/mol. The van der Waals surface area contributed by atoms with Crippen molar-refractivity contribution in [3.63, 3.8) is 0 Å². The predicted octanol–water partition coefficient (Wildman–Crippen LogP) is 8.33. The quantitative estimate of drug-likeness (QED) is 0.249. The Morgan fingerprint density at radius 2 is 1.17 bits per heavy atom. The Morgan fingerprint density at radius 1 is 0.472 bits per heavy atom. The van der Waals surface area contributed by atoms with Crippen LogP contribution in [0.2, 0.25) is 0 Å². The molecule has 168 valence electrons. The fraction of sp³-hybridized carbons (Fsp3) is 0. The predicted molar refractivity (Wildman–Crippen MR) is 149 cm³/mol. The van der Waals surface area contributed by atoms with Crippen molar-refractivity contribution < 1.29 is 0 Å². The molecule has 0 spiro atoms. The zero-order valence-electron chi connectivity index (χ0n) is 19.5. The standard InChI is InChI=1S/C33H21N3/c1-2-9-23(10-3-1)32-28-14-6-7-15-30(28)35-33(36-32)24-18-16-22(17-19-24)29-21-25-11-8-20-34-31(25)27-13-5-4-12-26(27)29/h1-21H. The second-order valence-electron chi connectivity index (χ2n) is 8.90. The van der Waals surface area contributed by atoms with E-state index in [0.29, 0.717) is 0 Å². The molecule has 0 atom stereocenters. The first-order chi connectivity index (χ1) is 17.8. The van der Waals surface area contributed by atoms with Crippen LogP contribution in [0.25, 0.3) is 66.4 Å². The molecule has 0 amide bonds. The maximum Gasteiger partial charge on any atom is 0.160 e. The van der Waals surface area contributed by atoms with Gasteiger partial charge in [0.1, 0.15) is 0 Å². The largest absolute Gasteiger partial charge is 0.256 e. The van der Waals surface area contributed by atoms with Crippen molar-refractivity contribution in [1.29, 1.82) is 0 Å². The summed E-state index contributed by atoms with van der Waals surface area (Å²) in [5.74, 6) is 0.728. The lowest BCUT2D eigenvalue weighted by Gasteiger charge is -2.12. The van der Waals surface area contributed by atoms with Crippen LogP contribution in [0.1, 0.15) is 0 Å². The molecule has 7 aromatic rings. The highest BCUT2D eigenvalue weighted by atomic mass is 14.9. The van der Waals surface area contributed by atoms with Crippen LogP contribution in [0.4, 0.5) is 0 Å². The Labute approximate surface area is 208 Å². The van der Waals surface area contributed by atoms with E-state index in [2.05, 4.69) is 89.9 Å². The molecule has 3 nitrogen and oxygen atoms in total. The number of hydrogen-bond acceptors (Lipinski definition) is 3. The summed E-state index contributed by atoms with van der Waals surface area (Å²) in [6.45, 7) is 0. The minimum atomic E-state index is 0.728. The highest BCUT2D eigenvalue weighted by Crippen LogP contribution is 2.35. The molecule has 0 unspecified atom stereocenters. The summed E-state index contributed by atoms with van der Waals surface area (Å²) in [6, 6.07) is 41.9. The first kappa shape index (κ1) is 20.5. The van der Waals surface area contributed by atoms with Gasteiger partial charge in [0, 0.05) is 33.5 Å². The first-order valence-corrected chi connectivity index (χ1v) is 12.0. The molecule has 5 aromatic carbocycles. The molecule has 0 saturated heterocycles. The number of rotatable bonds is 3. The third-order valence-electron chi connectivity index (χ3n) is 6.72. The zero-order chi connectivity index (χ0) is 23.9. The van der Waals surface area contributed by atoms with E-state index < -0.39 is 0 Å². The van der Waals surface area contributed by atoms with Crippen molar-refractivity contribution in [2.75, 3.05) is 0 Å². The molecule has 36 heavy (non-hydrogen) atoms. The summed E-state index contributed by atoms with van der Waals surface area (Å²) in [6.07, 6.45) is 1.86. The molecule has 0 fully saturated rings. The molecule has 2 heterocycles. The van der Waals surface area contributed by atoms with Crippen molar-refractivity contribution in [3.8, 4) is 33.8 Å². The maximum atomic E-state index is 5.02. The summed E-state index contributed by atoms with van der Waals surface area (Å²) in [7, 11) is 0. The molecule has 2 aromatic heterocycles. The lowest BCUT2D eigenvalue weighted by molar-refractivity contribution is 1.23. The Morgan fingerprint density at radius 3 is 2.00 bits per heavy atom. The van der Waals surface area contributed by atoms with Gasteiger partial charge in [-0.3, -0.25) is 4.98 Å². The molecule has 0 saturated carbocycles. The molecule has 0 bridgehead atoms. The van der Waals surface area contributed by atoms with Gasteiger partial charge in [-0.05, 0) is 34.7 Å². The van der Waals surface area contributed by atoms with Crippen LogP contribution in [-0.4, -0.2) is 15.0 Å². The fourth-order valence-corrected chi connectivity index (χ4v) is 4.98. The van der Waals surface area contributed by atoms with E-state index in [9.17, 15) is 0 Å². The van der Waals surface area contributed by atoms with E-state index in [1.165, 1.54) is 16.3 Å². The molecular formula is C33H21N3. The molecule has 0 N–H and O–H groups in total. The number of pyridine rings is 1. The number of fused-ring (bicyclic) bond motifs is 4. The third-order valence-corrected chi connectivity index (χ3v) is 6.72. The summed E-state index contributed by atoms with van der Waals surface area (Å²) in [5.41, 5.74) is 7.36. The molecule has 0 aliphatic rings. The summed E-state index contributed by atoms with van der Waals surface area (Å²) in [4.78, 5) is 14.6. The average Bonchev–Trinajstić information content (AvgIpc) is 2.97. The molecule has 0 aliphatic carbocycles. The highest BCUT2D eigenvalue weighted by molar-refractivity contribution is 6.12. The SMILES string of the molecule is c1ccc(-c2nc(-c3ccc(-c4cc5cccnc5c5ccccc45)cc3)nc3ccccc23)cc1. The number of benzene rings is 5. The number of nitrogens with zero attached hydrogens (tertiary/aromatic N) is 3. The van der Waals surface area contributed by atoms with Gasteiger partial charge in [-0.15, -0.1) is 0 Å². The van der Waals surface area contributed by atoms with Crippen LogP contribution in [0.15, 0.2) is 128 Å². The number of hydrogen-bond donors (Lipinski definition) is 0.